The molecule has 0 saturated carbocycles. The van der Waals surface area contributed by atoms with Crippen molar-refractivity contribution in [3.8, 4) is 0 Å². The molecule has 9 heteroatoms. The Kier molecular flexibility index (Phi) is 7.12. The molecule has 1 amide bonds. The number of hydrogen-bond donors (Lipinski definition) is 1. The van der Waals surface area contributed by atoms with E-state index in [9.17, 15) is 9.59 Å². The van der Waals surface area contributed by atoms with Gasteiger partial charge in [-0.3, -0.25) is 4.79 Å². The maximum absolute atomic E-state index is 12.3. The van der Waals surface area contributed by atoms with Crippen LogP contribution in [0.3, 0.4) is 0 Å². The van der Waals surface area contributed by atoms with Crippen LogP contribution in [0.2, 0.25) is 5.02 Å². The second kappa shape index (κ2) is 9.93. The Morgan fingerprint density at radius 1 is 1.23 bits per heavy atom. The summed E-state index contributed by atoms with van der Waals surface area (Å²) in [4.78, 5) is 26.4. The van der Waals surface area contributed by atoms with Crippen molar-refractivity contribution in [3.63, 3.8) is 0 Å². The first-order valence-corrected chi connectivity index (χ1v) is 12.5. The van der Waals surface area contributed by atoms with Gasteiger partial charge in [0, 0.05) is 54.5 Å². The van der Waals surface area contributed by atoms with Gasteiger partial charge < -0.3 is 19.5 Å². The number of halogens is 1. The fraction of sp³-hybridized carbons (Fsp3) is 0.500. The first kappa shape index (κ1) is 25.1. The lowest BCUT2D eigenvalue weighted by atomic mass is 9.94. The van der Waals surface area contributed by atoms with Gasteiger partial charge in [-0.05, 0) is 71.1 Å². The van der Waals surface area contributed by atoms with Crippen LogP contribution in [-0.2, 0) is 18.3 Å². The van der Waals surface area contributed by atoms with E-state index >= 15 is 0 Å². The number of rotatable bonds is 5. The summed E-state index contributed by atoms with van der Waals surface area (Å²) in [7, 11) is 1.64. The lowest BCUT2D eigenvalue weighted by molar-refractivity contribution is 0.0180. The highest BCUT2D eigenvalue weighted by atomic mass is 35.5. The number of aryl methyl sites for hydroxylation is 2. The molecular formula is C26H34ClN5O3. The van der Waals surface area contributed by atoms with E-state index in [0.29, 0.717) is 22.2 Å². The number of nitrogens with one attached hydrogen (secondary N) is 1. The summed E-state index contributed by atoms with van der Waals surface area (Å²) in [5, 5.41) is 9.14. The molecule has 0 aliphatic carbocycles. The van der Waals surface area contributed by atoms with Crippen LogP contribution >= 0.6 is 11.6 Å². The van der Waals surface area contributed by atoms with Gasteiger partial charge in [-0.1, -0.05) is 11.6 Å². The first-order chi connectivity index (χ1) is 16.5. The summed E-state index contributed by atoms with van der Waals surface area (Å²) in [5.74, 6) is 0.553. The molecule has 188 valence electrons. The fourth-order valence-corrected chi connectivity index (χ4v) is 4.75. The molecule has 2 aromatic heterocycles. The molecule has 0 unspecified atom stereocenters. The molecule has 35 heavy (non-hydrogen) atoms. The summed E-state index contributed by atoms with van der Waals surface area (Å²) in [5.41, 5.74) is 2.55. The molecule has 1 aliphatic heterocycles. The van der Waals surface area contributed by atoms with E-state index < -0.39 is 5.60 Å². The normalized spacial score (nSPS) is 15.0. The number of hydrogen-bond acceptors (Lipinski definition) is 5. The summed E-state index contributed by atoms with van der Waals surface area (Å²) < 4.78 is 9.05. The number of likely N-dealkylation sites (tertiary alicyclic amines) is 1. The van der Waals surface area contributed by atoms with Crippen molar-refractivity contribution < 1.29 is 9.53 Å². The van der Waals surface area contributed by atoms with E-state index in [1.807, 2.05) is 37.8 Å². The third kappa shape index (κ3) is 5.81. The lowest BCUT2D eigenvalue weighted by Gasteiger charge is -2.33. The van der Waals surface area contributed by atoms with Crippen molar-refractivity contribution in [2.24, 2.45) is 13.0 Å². The highest BCUT2D eigenvalue weighted by Crippen LogP contribution is 2.32. The number of anilines is 2. The molecule has 3 heterocycles. The third-order valence-electron chi connectivity index (χ3n) is 6.55. The number of piperidine rings is 1. The van der Waals surface area contributed by atoms with Gasteiger partial charge in [0.05, 0.1) is 17.4 Å². The minimum atomic E-state index is -0.469. The molecule has 1 aliphatic rings. The Morgan fingerprint density at radius 3 is 2.63 bits per heavy atom. The van der Waals surface area contributed by atoms with Crippen molar-refractivity contribution in [1.82, 2.24) is 19.2 Å². The number of fused-ring (bicyclic) bond motifs is 1. The van der Waals surface area contributed by atoms with Gasteiger partial charge in [0.1, 0.15) is 5.60 Å². The summed E-state index contributed by atoms with van der Waals surface area (Å²) in [6, 6.07) is 5.92. The molecule has 3 aromatic rings. The number of carbonyl (C=O) groups is 1. The van der Waals surface area contributed by atoms with Crippen LogP contribution < -0.4 is 10.9 Å². The zero-order valence-corrected chi connectivity index (χ0v) is 21.9. The van der Waals surface area contributed by atoms with Gasteiger partial charge in [0.25, 0.3) is 5.56 Å². The van der Waals surface area contributed by atoms with Gasteiger partial charge in [-0.15, -0.1) is 0 Å². The standard InChI is InChI=1S/C26H34ClN5O3/c1-17-22(16-28-30(5)24(17)33)29-21-14-19(27)15-23-20(21)9-13-31(23)10-6-18-7-11-32(12-8-18)25(34)35-26(2,3)4/h9,13-16,18,29H,6-8,10-12H2,1-5H3. The number of carbonyl (C=O) groups excluding carboxylic acids is 1. The van der Waals surface area contributed by atoms with Gasteiger partial charge in [0.2, 0.25) is 0 Å². The predicted octanol–water partition coefficient (Wildman–Crippen LogP) is 5.48. The molecule has 8 nitrogen and oxygen atoms in total. The highest BCUT2D eigenvalue weighted by molar-refractivity contribution is 6.32. The zero-order chi connectivity index (χ0) is 25.3. The maximum Gasteiger partial charge on any atom is 0.410 e. The summed E-state index contributed by atoms with van der Waals surface area (Å²) in [6.07, 6.45) is 6.49. The van der Waals surface area contributed by atoms with Gasteiger partial charge in [-0.2, -0.15) is 5.10 Å². The van der Waals surface area contributed by atoms with E-state index in [0.717, 1.165) is 55.5 Å². The maximum atomic E-state index is 12.3. The largest absolute Gasteiger partial charge is 0.444 e. The average molecular weight is 500 g/mol. The predicted molar refractivity (Wildman–Crippen MR) is 140 cm³/mol. The molecule has 0 radical (unpaired) electrons. The molecule has 0 spiro atoms. The Balaban J connectivity index is 1.43. The lowest BCUT2D eigenvalue weighted by Crippen LogP contribution is -2.41. The van der Waals surface area contributed by atoms with Crippen LogP contribution in [0.4, 0.5) is 16.2 Å². The summed E-state index contributed by atoms with van der Waals surface area (Å²) in [6.45, 7) is 9.80. The molecule has 0 bridgehead atoms. The van der Waals surface area contributed by atoms with Gasteiger partial charge >= 0.3 is 6.09 Å². The second-order valence-corrected chi connectivity index (χ2v) is 10.8. The van der Waals surface area contributed by atoms with Crippen molar-refractivity contribution in [2.45, 2.75) is 59.1 Å². The molecule has 1 N–H and O–H groups in total. The Labute approximate surface area is 210 Å². The van der Waals surface area contributed by atoms with E-state index in [1.165, 1.54) is 4.68 Å². The van der Waals surface area contributed by atoms with Crippen molar-refractivity contribution in [3.05, 3.63) is 51.5 Å². The quantitative estimate of drug-likeness (QED) is 0.503. The zero-order valence-electron chi connectivity index (χ0n) is 21.1. The van der Waals surface area contributed by atoms with Crippen LogP contribution in [0.1, 0.15) is 45.6 Å². The average Bonchev–Trinajstić information content (AvgIpc) is 3.20. The Morgan fingerprint density at radius 2 is 1.94 bits per heavy atom. The first-order valence-electron chi connectivity index (χ1n) is 12.1. The van der Waals surface area contributed by atoms with E-state index in [1.54, 1.807) is 20.2 Å². The van der Waals surface area contributed by atoms with E-state index in [-0.39, 0.29) is 11.7 Å². The van der Waals surface area contributed by atoms with Crippen LogP contribution in [0.15, 0.2) is 35.4 Å². The smallest absolute Gasteiger partial charge is 0.410 e. The molecular weight excluding hydrogens is 466 g/mol. The number of aromatic nitrogens is 3. The van der Waals surface area contributed by atoms with Gasteiger partial charge in [0.15, 0.2) is 0 Å². The molecule has 1 saturated heterocycles. The molecule has 4 rings (SSSR count). The van der Waals surface area contributed by atoms with E-state index in [4.69, 9.17) is 16.3 Å². The number of nitrogens with zero attached hydrogens (tertiary/aromatic N) is 4. The minimum absolute atomic E-state index is 0.136. The van der Waals surface area contributed by atoms with Crippen molar-refractivity contribution in [1.29, 1.82) is 0 Å². The number of ether oxygens (including phenoxy) is 1. The fourth-order valence-electron chi connectivity index (χ4n) is 4.53. The molecule has 1 fully saturated rings. The van der Waals surface area contributed by atoms with Gasteiger partial charge in [-0.25, -0.2) is 9.48 Å². The highest BCUT2D eigenvalue weighted by Gasteiger charge is 2.26. The Bertz CT molecular complexity index is 1280. The monoisotopic (exact) mass is 499 g/mol. The van der Waals surface area contributed by atoms with Crippen LogP contribution in [0.5, 0.6) is 0 Å². The minimum Gasteiger partial charge on any atom is -0.444 e. The SMILES string of the molecule is Cc1c(Nc2cc(Cl)cc3c2ccn3CCC2CCN(C(=O)OC(C)(C)C)CC2)cnn(C)c1=O. The van der Waals surface area contributed by atoms with Crippen LogP contribution in [0.25, 0.3) is 10.9 Å². The van der Waals surface area contributed by atoms with Crippen molar-refractivity contribution >= 4 is 40.0 Å². The van der Waals surface area contributed by atoms with E-state index in [2.05, 4.69) is 27.2 Å². The molecule has 0 atom stereocenters. The van der Waals surface area contributed by atoms with Crippen LogP contribution in [0, 0.1) is 12.8 Å². The number of benzene rings is 1. The topological polar surface area (TPSA) is 81.4 Å². The second-order valence-electron chi connectivity index (χ2n) is 10.3. The number of amides is 1. The summed E-state index contributed by atoms with van der Waals surface area (Å²) >= 11 is 6.47. The third-order valence-corrected chi connectivity index (χ3v) is 6.76. The Hall–Kier alpha value is -3.00. The van der Waals surface area contributed by atoms with Crippen molar-refractivity contribution in [2.75, 3.05) is 18.4 Å². The molecule has 1 aromatic carbocycles. The van der Waals surface area contributed by atoms with Crippen LogP contribution in [-0.4, -0.2) is 44.0 Å².